The van der Waals surface area contributed by atoms with Crippen LogP contribution in [-0.4, -0.2) is 34.9 Å². The van der Waals surface area contributed by atoms with Gasteiger partial charge in [0.1, 0.15) is 0 Å². The molecule has 6 rings (SSSR count). The number of hydrogen-bond acceptors (Lipinski definition) is 6. The number of thiophene rings is 2. The molecule has 0 spiro atoms. The van der Waals surface area contributed by atoms with E-state index in [4.69, 9.17) is 9.97 Å². The van der Waals surface area contributed by atoms with Gasteiger partial charge in [-0.1, -0.05) is 48.5 Å². The first-order chi connectivity index (χ1) is 19.7. The molecule has 198 valence electrons. The molecule has 0 unspecified atom stereocenters. The largest absolute Gasteiger partial charge is 0.352 e. The van der Waals surface area contributed by atoms with E-state index >= 15 is 0 Å². The minimum atomic E-state index is -0.121. The number of carbonyl (C=O) groups is 2. The van der Waals surface area contributed by atoms with Crippen molar-refractivity contribution in [1.29, 1.82) is 0 Å². The van der Waals surface area contributed by atoms with E-state index in [1.807, 2.05) is 95.7 Å². The highest BCUT2D eigenvalue weighted by atomic mass is 32.1. The summed E-state index contributed by atoms with van der Waals surface area (Å²) in [5.74, 6) is -0.241. The minimum absolute atomic E-state index is 0.121. The molecule has 0 aliphatic heterocycles. The quantitative estimate of drug-likeness (QED) is 0.183. The fourth-order valence-electron chi connectivity index (χ4n) is 4.67. The van der Waals surface area contributed by atoms with E-state index in [2.05, 4.69) is 10.6 Å². The van der Waals surface area contributed by atoms with Crippen LogP contribution in [0, 0.1) is 0 Å². The van der Waals surface area contributed by atoms with Crippen LogP contribution < -0.4 is 10.6 Å². The maximum absolute atomic E-state index is 13.1. The highest BCUT2D eigenvalue weighted by Gasteiger charge is 2.15. The van der Waals surface area contributed by atoms with Crippen LogP contribution in [0.3, 0.4) is 0 Å². The van der Waals surface area contributed by atoms with E-state index < -0.39 is 0 Å². The van der Waals surface area contributed by atoms with Gasteiger partial charge in [-0.2, -0.15) is 0 Å². The highest BCUT2D eigenvalue weighted by molar-refractivity contribution is 7.13. The van der Waals surface area contributed by atoms with Gasteiger partial charge in [0.15, 0.2) is 0 Å². The summed E-state index contributed by atoms with van der Waals surface area (Å²) in [5, 5.41) is 11.8. The second kappa shape index (κ2) is 11.8. The Hall–Kier alpha value is -4.40. The third-order valence-electron chi connectivity index (χ3n) is 6.64. The molecule has 0 fully saturated rings. The smallest absolute Gasteiger partial charge is 0.252 e. The van der Waals surface area contributed by atoms with Crippen LogP contribution in [0.1, 0.15) is 33.6 Å². The summed E-state index contributed by atoms with van der Waals surface area (Å²) in [6.07, 6.45) is 1.48. The number of nitrogens with zero attached hydrogens (tertiary/aromatic N) is 2. The van der Waals surface area contributed by atoms with Crippen LogP contribution in [-0.2, 0) is 0 Å². The lowest BCUT2D eigenvalue weighted by Crippen LogP contribution is -2.27. The number of unbranched alkanes of at least 4 members (excludes halogenated alkanes) is 1. The number of amides is 2. The molecule has 0 atom stereocenters. The van der Waals surface area contributed by atoms with Gasteiger partial charge in [-0.15, -0.1) is 22.7 Å². The average Bonchev–Trinajstić information content (AvgIpc) is 3.73. The number of fused-ring (bicyclic) bond motifs is 2. The van der Waals surface area contributed by atoms with Gasteiger partial charge in [0.05, 0.1) is 43.3 Å². The Morgan fingerprint density at radius 1 is 0.600 bits per heavy atom. The van der Waals surface area contributed by atoms with E-state index in [1.54, 1.807) is 22.7 Å². The molecule has 2 N–H and O–H groups in total. The lowest BCUT2D eigenvalue weighted by molar-refractivity contribution is 0.0941. The molecule has 0 radical (unpaired) electrons. The SMILES string of the molecule is O=C(NCCCCNC(=O)c1cc(-c2cccs2)nc2ccccc12)c1cc(-c2cccs2)nc2ccccc12. The van der Waals surface area contributed by atoms with Crippen molar-refractivity contribution in [3.05, 3.63) is 107 Å². The Kier molecular flexibility index (Phi) is 7.61. The van der Waals surface area contributed by atoms with Crippen LogP contribution >= 0.6 is 22.7 Å². The van der Waals surface area contributed by atoms with Crippen molar-refractivity contribution in [3.63, 3.8) is 0 Å². The third kappa shape index (κ3) is 5.50. The molecular weight excluding hydrogens is 537 g/mol. The highest BCUT2D eigenvalue weighted by Crippen LogP contribution is 2.29. The van der Waals surface area contributed by atoms with Gasteiger partial charge in [-0.25, -0.2) is 9.97 Å². The first-order valence-electron chi connectivity index (χ1n) is 13.1. The summed E-state index contributed by atoms with van der Waals surface area (Å²) in [5.41, 5.74) is 4.43. The zero-order valence-corrected chi connectivity index (χ0v) is 23.2. The molecule has 6 nitrogen and oxygen atoms in total. The van der Waals surface area contributed by atoms with Crippen LogP contribution in [0.15, 0.2) is 95.7 Å². The fraction of sp³-hybridized carbons (Fsp3) is 0.125. The lowest BCUT2D eigenvalue weighted by atomic mass is 10.1. The van der Waals surface area contributed by atoms with Crippen molar-refractivity contribution in [2.24, 2.45) is 0 Å². The van der Waals surface area contributed by atoms with Gasteiger partial charge in [-0.05, 0) is 60.0 Å². The number of rotatable bonds is 9. The first-order valence-corrected chi connectivity index (χ1v) is 14.9. The van der Waals surface area contributed by atoms with Crippen LogP contribution in [0.25, 0.3) is 42.9 Å². The monoisotopic (exact) mass is 562 g/mol. The maximum atomic E-state index is 13.1. The Labute approximate surface area is 239 Å². The van der Waals surface area contributed by atoms with Crippen LogP contribution in [0.4, 0.5) is 0 Å². The predicted molar refractivity (Wildman–Crippen MR) is 164 cm³/mol. The molecule has 40 heavy (non-hydrogen) atoms. The number of benzene rings is 2. The van der Waals surface area contributed by atoms with Gasteiger partial charge in [-0.3, -0.25) is 9.59 Å². The number of nitrogens with one attached hydrogen (secondary N) is 2. The molecule has 0 saturated heterocycles. The Bertz CT molecular complexity index is 1660. The Morgan fingerprint density at radius 3 is 1.48 bits per heavy atom. The molecule has 8 heteroatoms. The second-order valence-electron chi connectivity index (χ2n) is 9.32. The van der Waals surface area contributed by atoms with E-state index in [-0.39, 0.29) is 11.8 Å². The summed E-state index contributed by atoms with van der Waals surface area (Å²) in [7, 11) is 0. The van der Waals surface area contributed by atoms with Gasteiger partial charge in [0.2, 0.25) is 0 Å². The minimum Gasteiger partial charge on any atom is -0.352 e. The molecule has 6 aromatic rings. The second-order valence-corrected chi connectivity index (χ2v) is 11.2. The van der Waals surface area contributed by atoms with Crippen molar-refractivity contribution in [2.75, 3.05) is 13.1 Å². The molecule has 4 heterocycles. The molecule has 4 aromatic heterocycles. The summed E-state index contributed by atoms with van der Waals surface area (Å²) in [6, 6.07) is 27.1. The molecule has 2 amide bonds. The van der Waals surface area contributed by atoms with E-state index in [1.165, 1.54) is 0 Å². The Balaban J connectivity index is 1.07. The maximum Gasteiger partial charge on any atom is 0.252 e. The topological polar surface area (TPSA) is 84.0 Å². The number of pyridine rings is 2. The standard InChI is InChI=1S/C32H26N4O2S2/c37-31(23-19-27(29-13-7-17-39-29)35-25-11-3-1-9-21(23)25)33-15-5-6-16-34-32(38)24-20-28(30-14-8-18-40-30)36-26-12-4-2-10-22(24)26/h1-4,7-14,17-20H,5-6,15-16H2,(H,33,37)(H,34,38). The average molecular weight is 563 g/mol. The van der Waals surface area contributed by atoms with Crippen molar-refractivity contribution < 1.29 is 9.59 Å². The molecule has 0 aliphatic rings. The third-order valence-corrected chi connectivity index (χ3v) is 8.43. The lowest BCUT2D eigenvalue weighted by Gasteiger charge is -2.11. The van der Waals surface area contributed by atoms with Crippen molar-refractivity contribution in [2.45, 2.75) is 12.8 Å². The predicted octanol–water partition coefficient (Wildman–Crippen LogP) is 7.18. The van der Waals surface area contributed by atoms with Gasteiger partial charge >= 0.3 is 0 Å². The molecule has 0 saturated carbocycles. The van der Waals surface area contributed by atoms with Crippen molar-refractivity contribution in [1.82, 2.24) is 20.6 Å². The summed E-state index contributed by atoms with van der Waals surface area (Å²) in [4.78, 5) is 37.9. The molecule has 2 aromatic carbocycles. The van der Waals surface area contributed by atoms with Crippen molar-refractivity contribution >= 4 is 56.3 Å². The van der Waals surface area contributed by atoms with Crippen LogP contribution in [0.5, 0.6) is 0 Å². The number of para-hydroxylation sites is 2. The fourth-order valence-corrected chi connectivity index (χ4v) is 6.04. The molecule has 0 bridgehead atoms. The zero-order valence-electron chi connectivity index (χ0n) is 21.6. The zero-order chi connectivity index (χ0) is 27.3. The van der Waals surface area contributed by atoms with Gasteiger partial charge in [0, 0.05) is 23.9 Å². The molecule has 0 aliphatic carbocycles. The van der Waals surface area contributed by atoms with Crippen molar-refractivity contribution in [3.8, 4) is 21.1 Å². The number of carbonyl (C=O) groups excluding carboxylic acids is 2. The number of hydrogen-bond donors (Lipinski definition) is 2. The summed E-state index contributed by atoms with van der Waals surface area (Å²) >= 11 is 3.20. The van der Waals surface area contributed by atoms with E-state index in [9.17, 15) is 9.59 Å². The van der Waals surface area contributed by atoms with Gasteiger partial charge in [0.25, 0.3) is 11.8 Å². The Morgan fingerprint density at radius 2 is 1.05 bits per heavy atom. The number of aromatic nitrogens is 2. The summed E-state index contributed by atoms with van der Waals surface area (Å²) in [6.45, 7) is 1.03. The van der Waals surface area contributed by atoms with E-state index in [0.29, 0.717) is 24.2 Å². The summed E-state index contributed by atoms with van der Waals surface area (Å²) < 4.78 is 0. The van der Waals surface area contributed by atoms with Gasteiger partial charge < -0.3 is 10.6 Å². The first kappa shape index (κ1) is 25.9. The normalized spacial score (nSPS) is 11.1. The molecular formula is C32H26N4O2S2. The van der Waals surface area contributed by atoms with Crippen LogP contribution in [0.2, 0.25) is 0 Å². The van der Waals surface area contributed by atoms with E-state index in [0.717, 1.165) is 55.8 Å².